The molecule has 3 fully saturated rings. The van der Waals surface area contributed by atoms with E-state index in [4.69, 9.17) is 0 Å². The molecule has 1 aliphatic carbocycles. The Balaban J connectivity index is 1.27. The van der Waals surface area contributed by atoms with E-state index in [2.05, 4.69) is 33.9 Å². The molecular formula is C23H36N4O. The van der Waals surface area contributed by atoms with Crippen LogP contribution < -0.4 is 10.2 Å². The van der Waals surface area contributed by atoms with E-state index in [1.165, 1.54) is 58.0 Å². The van der Waals surface area contributed by atoms with E-state index in [1.54, 1.807) is 6.20 Å². The normalized spacial score (nSPS) is 23.0. The van der Waals surface area contributed by atoms with E-state index in [1.807, 2.05) is 12.1 Å². The summed E-state index contributed by atoms with van der Waals surface area (Å²) in [6.45, 7) is 9.70. The molecule has 1 spiro atoms. The van der Waals surface area contributed by atoms with Crippen molar-refractivity contribution in [3.05, 3.63) is 23.9 Å². The molecule has 1 amide bonds. The number of piperidine rings is 2. The SMILES string of the molecule is CC(C)CNC(=O)c1ccc(N2CCC3(CC2)CCN(C2CCC2)CC3)nc1. The van der Waals surface area contributed by atoms with Crippen molar-refractivity contribution in [2.45, 2.75) is 64.8 Å². The summed E-state index contributed by atoms with van der Waals surface area (Å²) in [5, 5.41) is 2.96. The summed E-state index contributed by atoms with van der Waals surface area (Å²) >= 11 is 0. The molecule has 0 radical (unpaired) electrons. The summed E-state index contributed by atoms with van der Waals surface area (Å²) in [6.07, 6.45) is 11.3. The second-order valence-corrected chi connectivity index (χ2v) is 9.62. The highest BCUT2D eigenvalue weighted by Crippen LogP contribution is 2.43. The average molecular weight is 385 g/mol. The molecule has 5 nitrogen and oxygen atoms in total. The van der Waals surface area contributed by atoms with Crippen LogP contribution in [0, 0.1) is 11.3 Å². The van der Waals surface area contributed by atoms with Crippen molar-refractivity contribution in [1.29, 1.82) is 0 Å². The summed E-state index contributed by atoms with van der Waals surface area (Å²) in [5.74, 6) is 1.45. The molecule has 0 atom stereocenters. The van der Waals surface area contributed by atoms with Crippen LogP contribution in [0.3, 0.4) is 0 Å². The molecule has 1 N–H and O–H groups in total. The van der Waals surface area contributed by atoms with Crippen molar-refractivity contribution >= 4 is 11.7 Å². The molecule has 0 unspecified atom stereocenters. The van der Waals surface area contributed by atoms with Gasteiger partial charge in [-0.2, -0.15) is 0 Å². The zero-order valence-electron chi connectivity index (χ0n) is 17.6. The summed E-state index contributed by atoms with van der Waals surface area (Å²) < 4.78 is 0. The first-order valence-electron chi connectivity index (χ1n) is 11.3. The van der Waals surface area contributed by atoms with Crippen LogP contribution >= 0.6 is 0 Å². The number of hydrogen-bond acceptors (Lipinski definition) is 4. The number of rotatable bonds is 5. The Bertz CT molecular complexity index is 650. The Hall–Kier alpha value is -1.62. The van der Waals surface area contributed by atoms with Crippen molar-refractivity contribution < 1.29 is 4.79 Å². The molecule has 1 saturated carbocycles. The number of carbonyl (C=O) groups excluding carboxylic acids is 1. The van der Waals surface area contributed by atoms with Gasteiger partial charge >= 0.3 is 0 Å². The highest BCUT2D eigenvalue weighted by atomic mass is 16.1. The fourth-order valence-corrected chi connectivity index (χ4v) is 4.93. The molecule has 1 aromatic heterocycles. The van der Waals surface area contributed by atoms with E-state index in [0.717, 1.165) is 24.9 Å². The lowest BCUT2D eigenvalue weighted by molar-refractivity contribution is 0.0305. The molecule has 0 aromatic carbocycles. The quantitative estimate of drug-likeness (QED) is 0.841. The number of nitrogens with zero attached hydrogens (tertiary/aromatic N) is 3. The summed E-state index contributed by atoms with van der Waals surface area (Å²) in [5.41, 5.74) is 1.22. The second-order valence-electron chi connectivity index (χ2n) is 9.62. The third-order valence-corrected chi connectivity index (χ3v) is 7.28. The number of amides is 1. The molecule has 154 valence electrons. The molecule has 3 aliphatic rings. The lowest BCUT2D eigenvalue weighted by Crippen LogP contribution is -2.51. The van der Waals surface area contributed by atoms with Gasteiger partial charge in [-0.05, 0) is 75.1 Å². The van der Waals surface area contributed by atoms with Crippen molar-refractivity contribution in [1.82, 2.24) is 15.2 Å². The molecule has 5 heteroatoms. The predicted octanol–water partition coefficient (Wildman–Crippen LogP) is 3.70. The molecule has 28 heavy (non-hydrogen) atoms. The number of hydrogen-bond donors (Lipinski definition) is 1. The molecular weight excluding hydrogens is 348 g/mol. The molecule has 4 rings (SSSR count). The number of carbonyl (C=O) groups is 1. The monoisotopic (exact) mass is 384 g/mol. The van der Waals surface area contributed by atoms with Gasteiger partial charge in [0.15, 0.2) is 0 Å². The van der Waals surface area contributed by atoms with Crippen LogP contribution in [0.15, 0.2) is 18.3 Å². The van der Waals surface area contributed by atoms with Gasteiger partial charge in [0.05, 0.1) is 5.56 Å². The Morgan fingerprint density at radius 2 is 1.82 bits per heavy atom. The van der Waals surface area contributed by atoms with Gasteiger partial charge in [0.2, 0.25) is 0 Å². The van der Waals surface area contributed by atoms with Crippen molar-refractivity contribution in [3.8, 4) is 0 Å². The van der Waals surface area contributed by atoms with Crippen LogP contribution in [0.2, 0.25) is 0 Å². The Kier molecular flexibility index (Phi) is 5.91. The zero-order valence-corrected chi connectivity index (χ0v) is 17.6. The van der Waals surface area contributed by atoms with Crippen molar-refractivity contribution in [2.24, 2.45) is 11.3 Å². The van der Waals surface area contributed by atoms with Gasteiger partial charge in [-0.15, -0.1) is 0 Å². The summed E-state index contributed by atoms with van der Waals surface area (Å²) in [6, 6.07) is 4.83. The molecule has 3 heterocycles. The fourth-order valence-electron chi connectivity index (χ4n) is 4.93. The highest BCUT2D eigenvalue weighted by molar-refractivity contribution is 5.94. The average Bonchev–Trinajstić information content (AvgIpc) is 2.67. The lowest BCUT2D eigenvalue weighted by Gasteiger charge is -2.50. The van der Waals surface area contributed by atoms with Crippen LogP contribution in [0.1, 0.15) is 69.2 Å². The van der Waals surface area contributed by atoms with E-state index in [0.29, 0.717) is 23.4 Å². The number of pyridine rings is 1. The maximum absolute atomic E-state index is 12.2. The van der Waals surface area contributed by atoms with E-state index in [9.17, 15) is 4.79 Å². The van der Waals surface area contributed by atoms with Gasteiger partial charge in [-0.25, -0.2) is 4.98 Å². The molecule has 2 saturated heterocycles. The molecule has 2 aliphatic heterocycles. The summed E-state index contributed by atoms with van der Waals surface area (Å²) in [7, 11) is 0. The smallest absolute Gasteiger partial charge is 0.252 e. The number of likely N-dealkylation sites (tertiary alicyclic amines) is 1. The number of anilines is 1. The van der Waals surface area contributed by atoms with Crippen LogP contribution in [-0.2, 0) is 0 Å². The maximum Gasteiger partial charge on any atom is 0.252 e. The van der Waals surface area contributed by atoms with Gasteiger partial charge in [0, 0.05) is 31.9 Å². The van der Waals surface area contributed by atoms with Gasteiger partial charge in [0.25, 0.3) is 5.91 Å². The Morgan fingerprint density at radius 3 is 2.36 bits per heavy atom. The minimum atomic E-state index is -0.0245. The van der Waals surface area contributed by atoms with Crippen molar-refractivity contribution in [3.63, 3.8) is 0 Å². The van der Waals surface area contributed by atoms with Gasteiger partial charge in [-0.3, -0.25) is 4.79 Å². The number of aromatic nitrogens is 1. The minimum Gasteiger partial charge on any atom is -0.357 e. The highest BCUT2D eigenvalue weighted by Gasteiger charge is 2.39. The first-order chi connectivity index (χ1) is 13.5. The van der Waals surface area contributed by atoms with E-state index < -0.39 is 0 Å². The predicted molar refractivity (Wildman–Crippen MR) is 114 cm³/mol. The maximum atomic E-state index is 12.2. The van der Waals surface area contributed by atoms with Crippen LogP contribution in [0.25, 0.3) is 0 Å². The largest absolute Gasteiger partial charge is 0.357 e. The zero-order chi connectivity index (χ0) is 19.6. The summed E-state index contributed by atoms with van der Waals surface area (Å²) in [4.78, 5) is 21.9. The third-order valence-electron chi connectivity index (χ3n) is 7.28. The van der Waals surface area contributed by atoms with Gasteiger partial charge < -0.3 is 15.1 Å². The van der Waals surface area contributed by atoms with Crippen molar-refractivity contribution in [2.75, 3.05) is 37.6 Å². The first kappa shape index (κ1) is 19.7. The standard InChI is InChI=1S/C23H36N4O/c1-18(2)16-25-22(28)19-6-7-21(24-17-19)27-14-10-23(11-15-27)8-12-26(13-9-23)20-4-3-5-20/h6-7,17-18,20H,3-5,8-16H2,1-2H3,(H,25,28). The molecule has 1 aromatic rings. The lowest BCUT2D eigenvalue weighted by atomic mass is 9.70. The van der Waals surface area contributed by atoms with Gasteiger partial charge in [0.1, 0.15) is 5.82 Å². The first-order valence-corrected chi connectivity index (χ1v) is 11.3. The fraction of sp³-hybridized carbons (Fsp3) is 0.739. The number of nitrogens with one attached hydrogen (secondary N) is 1. The Morgan fingerprint density at radius 1 is 1.14 bits per heavy atom. The van der Waals surface area contributed by atoms with Crippen LogP contribution in [0.5, 0.6) is 0 Å². The molecule has 0 bridgehead atoms. The van der Waals surface area contributed by atoms with E-state index >= 15 is 0 Å². The third kappa shape index (κ3) is 4.35. The van der Waals surface area contributed by atoms with Crippen LogP contribution in [0.4, 0.5) is 5.82 Å². The van der Waals surface area contributed by atoms with Crippen LogP contribution in [-0.4, -0.2) is 54.6 Å². The van der Waals surface area contributed by atoms with E-state index in [-0.39, 0.29) is 5.91 Å². The Labute approximate surface area is 169 Å². The van der Waals surface area contributed by atoms with Gasteiger partial charge in [-0.1, -0.05) is 20.3 Å². The topological polar surface area (TPSA) is 48.5 Å². The minimum absolute atomic E-state index is 0.0245. The second kappa shape index (κ2) is 8.40.